The van der Waals surface area contributed by atoms with Crippen molar-refractivity contribution in [3.05, 3.63) is 0 Å². The van der Waals surface area contributed by atoms with Gasteiger partial charge in [-0.25, -0.2) is 0 Å². The molecule has 0 spiro atoms. The van der Waals surface area contributed by atoms with Crippen LogP contribution in [0.2, 0.25) is 0 Å². The number of alkyl halides is 3. The molecule has 1 aliphatic rings. The molecule has 0 aliphatic carbocycles. The predicted molar refractivity (Wildman–Crippen MR) is 66.4 cm³/mol. The molecule has 3 nitrogen and oxygen atoms in total. The van der Waals surface area contributed by atoms with Gasteiger partial charge >= 0.3 is 6.18 Å². The highest BCUT2D eigenvalue weighted by atomic mass is 19.4. The van der Waals surface area contributed by atoms with E-state index < -0.39 is 12.7 Å². The maximum Gasteiger partial charge on any atom is 0.401 e. The highest BCUT2D eigenvalue weighted by Gasteiger charge is 2.32. The SMILES string of the molecule is CC(C)(C)C(N)CN1CCN(CC(F)(F)F)CC1. The second-order valence-corrected chi connectivity index (χ2v) is 6.16. The lowest BCUT2D eigenvalue weighted by Crippen LogP contribution is -2.53. The zero-order chi connectivity index (χ0) is 14.0. The van der Waals surface area contributed by atoms with Gasteiger partial charge in [-0.05, 0) is 5.41 Å². The first-order valence-electron chi connectivity index (χ1n) is 6.35. The van der Waals surface area contributed by atoms with Crippen molar-refractivity contribution in [3.8, 4) is 0 Å². The number of hydrogen-bond acceptors (Lipinski definition) is 3. The maximum absolute atomic E-state index is 12.2. The molecule has 108 valence electrons. The molecule has 1 atom stereocenters. The van der Waals surface area contributed by atoms with E-state index in [4.69, 9.17) is 5.73 Å². The molecule has 1 fully saturated rings. The van der Waals surface area contributed by atoms with E-state index in [1.807, 2.05) is 0 Å². The minimum atomic E-state index is -4.09. The Morgan fingerprint density at radius 1 is 1.00 bits per heavy atom. The zero-order valence-electron chi connectivity index (χ0n) is 11.4. The van der Waals surface area contributed by atoms with E-state index in [2.05, 4.69) is 25.7 Å². The van der Waals surface area contributed by atoms with Crippen LogP contribution in [0.4, 0.5) is 13.2 Å². The molecule has 0 aromatic rings. The molecule has 2 N–H and O–H groups in total. The van der Waals surface area contributed by atoms with E-state index in [0.717, 1.165) is 6.54 Å². The van der Waals surface area contributed by atoms with Crippen molar-refractivity contribution in [3.63, 3.8) is 0 Å². The lowest BCUT2D eigenvalue weighted by atomic mass is 9.87. The average molecular weight is 267 g/mol. The van der Waals surface area contributed by atoms with Gasteiger partial charge in [0.05, 0.1) is 6.54 Å². The molecule has 0 saturated carbocycles. The Kier molecular flexibility index (Phi) is 5.03. The average Bonchev–Trinajstić information content (AvgIpc) is 2.17. The monoisotopic (exact) mass is 267 g/mol. The molecule has 1 aliphatic heterocycles. The third-order valence-electron chi connectivity index (χ3n) is 3.44. The van der Waals surface area contributed by atoms with Crippen LogP contribution >= 0.6 is 0 Å². The van der Waals surface area contributed by atoms with Crippen LogP contribution in [0.3, 0.4) is 0 Å². The van der Waals surface area contributed by atoms with Gasteiger partial charge in [-0.1, -0.05) is 20.8 Å². The summed E-state index contributed by atoms with van der Waals surface area (Å²) in [6.45, 7) is 8.47. The number of halogens is 3. The Hall–Kier alpha value is -0.330. The van der Waals surface area contributed by atoms with Crippen LogP contribution in [-0.2, 0) is 0 Å². The standard InChI is InChI=1S/C12H24F3N3/c1-11(2,3)10(16)8-17-4-6-18(7-5-17)9-12(13,14)15/h10H,4-9,16H2,1-3H3. The van der Waals surface area contributed by atoms with E-state index in [0.29, 0.717) is 26.2 Å². The van der Waals surface area contributed by atoms with Gasteiger partial charge in [0.15, 0.2) is 0 Å². The Morgan fingerprint density at radius 2 is 1.44 bits per heavy atom. The largest absolute Gasteiger partial charge is 0.401 e. The van der Waals surface area contributed by atoms with Crippen LogP contribution in [0.5, 0.6) is 0 Å². The lowest BCUT2D eigenvalue weighted by molar-refractivity contribution is -0.149. The van der Waals surface area contributed by atoms with Crippen molar-refractivity contribution in [1.82, 2.24) is 9.80 Å². The summed E-state index contributed by atoms with van der Waals surface area (Å²) in [4.78, 5) is 3.61. The number of piperazine rings is 1. The van der Waals surface area contributed by atoms with Crippen LogP contribution in [0.15, 0.2) is 0 Å². The zero-order valence-corrected chi connectivity index (χ0v) is 11.4. The second kappa shape index (κ2) is 5.75. The Labute approximate surface area is 107 Å². The van der Waals surface area contributed by atoms with E-state index >= 15 is 0 Å². The van der Waals surface area contributed by atoms with Gasteiger partial charge in [0.2, 0.25) is 0 Å². The van der Waals surface area contributed by atoms with Gasteiger partial charge in [0.1, 0.15) is 0 Å². The smallest absolute Gasteiger partial charge is 0.326 e. The van der Waals surface area contributed by atoms with Gasteiger partial charge < -0.3 is 5.73 Å². The Bertz CT molecular complexity index is 252. The Morgan fingerprint density at radius 3 is 1.83 bits per heavy atom. The van der Waals surface area contributed by atoms with Crippen LogP contribution in [-0.4, -0.2) is 61.3 Å². The number of rotatable bonds is 3. The van der Waals surface area contributed by atoms with Crippen molar-refractivity contribution in [1.29, 1.82) is 0 Å². The summed E-state index contributed by atoms with van der Waals surface area (Å²) in [6, 6.07) is 0.0478. The number of nitrogens with zero attached hydrogens (tertiary/aromatic N) is 2. The maximum atomic E-state index is 12.2. The van der Waals surface area contributed by atoms with E-state index in [9.17, 15) is 13.2 Å². The first-order chi connectivity index (χ1) is 8.08. The molecule has 1 unspecified atom stereocenters. The molecule has 0 aromatic heterocycles. The number of nitrogens with two attached hydrogens (primary N) is 1. The minimum Gasteiger partial charge on any atom is -0.326 e. The highest BCUT2D eigenvalue weighted by Crippen LogP contribution is 2.20. The van der Waals surface area contributed by atoms with E-state index in [-0.39, 0.29) is 11.5 Å². The van der Waals surface area contributed by atoms with Crippen LogP contribution in [0, 0.1) is 5.41 Å². The number of hydrogen-bond donors (Lipinski definition) is 1. The van der Waals surface area contributed by atoms with Gasteiger partial charge in [-0.2, -0.15) is 13.2 Å². The fraction of sp³-hybridized carbons (Fsp3) is 1.00. The first kappa shape index (κ1) is 15.7. The third kappa shape index (κ3) is 5.54. The van der Waals surface area contributed by atoms with Crippen molar-refractivity contribution >= 4 is 0 Å². The van der Waals surface area contributed by atoms with Crippen molar-refractivity contribution in [2.45, 2.75) is 33.0 Å². The van der Waals surface area contributed by atoms with Gasteiger partial charge in [0.25, 0.3) is 0 Å². The fourth-order valence-corrected chi connectivity index (χ4v) is 1.94. The third-order valence-corrected chi connectivity index (χ3v) is 3.44. The predicted octanol–water partition coefficient (Wildman–Crippen LogP) is 1.54. The normalized spacial score (nSPS) is 22.2. The first-order valence-corrected chi connectivity index (χ1v) is 6.35. The fourth-order valence-electron chi connectivity index (χ4n) is 1.94. The molecule has 0 aromatic carbocycles. The van der Waals surface area contributed by atoms with Crippen LogP contribution in [0.25, 0.3) is 0 Å². The van der Waals surface area contributed by atoms with Crippen molar-refractivity contribution < 1.29 is 13.2 Å². The molecular weight excluding hydrogens is 243 g/mol. The summed E-state index contributed by atoms with van der Waals surface area (Å²) in [5, 5.41) is 0. The highest BCUT2D eigenvalue weighted by molar-refractivity contribution is 4.83. The Balaban J connectivity index is 2.32. The van der Waals surface area contributed by atoms with Gasteiger partial charge in [-0.15, -0.1) is 0 Å². The molecular formula is C12H24F3N3. The van der Waals surface area contributed by atoms with Crippen molar-refractivity contribution in [2.75, 3.05) is 39.3 Å². The van der Waals surface area contributed by atoms with Crippen LogP contribution in [0.1, 0.15) is 20.8 Å². The quantitative estimate of drug-likeness (QED) is 0.842. The molecule has 6 heteroatoms. The summed E-state index contributed by atoms with van der Waals surface area (Å²) in [5.74, 6) is 0. The van der Waals surface area contributed by atoms with E-state index in [1.165, 1.54) is 4.90 Å². The molecule has 1 saturated heterocycles. The molecule has 1 rings (SSSR count). The topological polar surface area (TPSA) is 32.5 Å². The minimum absolute atomic E-state index is 0.0309. The summed E-state index contributed by atoms with van der Waals surface area (Å²) in [7, 11) is 0. The van der Waals surface area contributed by atoms with E-state index in [1.54, 1.807) is 0 Å². The summed E-state index contributed by atoms with van der Waals surface area (Å²) in [5.41, 5.74) is 6.11. The lowest BCUT2D eigenvalue weighted by Gasteiger charge is -2.38. The van der Waals surface area contributed by atoms with Gasteiger partial charge in [0, 0.05) is 38.8 Å². The molecule has 1 heterocycles. The molecule has 18 heavy (non-hydrogen) atoms. The second-order valence-electron chi connectivity index (χ2n) is 6.16. The summed E-state index contributed by atoms with van der Waals surface area (Å²) >= 11 is 0. The molecule has 0 amide bonds. The van der Waals surface area contributed by atoms with Gasteiger partial charge in [-0.3, -0.25) is 9.80 Å². The summed E-state index contributed by atoms with van der Waals surface area (Å²) < 4.78 is 36.7. The summed E-state index contributed by atoms with van der Waals surface area (Å²) in [6.07, 6.45) is -4.09. The van der Waals surface area contributed by atoms with Crippen molar-refractivity contribution in [2.24, 2.45) is 11.1 Å². The molecule has 0 radical (unpaired) electrons. The molecule has 0 bridgehead atoms. The van der Waals surface area contributed by atoms with Crippen LogP contribution < -0.4 is 5.73 Å².